The number of nitrogens with zero attached hydrogens (tertiary/aromatic N) is 6. The summed E-state index contributed by atoms with van der Waals surface area (Å²) in [6.07, 6.45) is 2.79. The van der Waals surface area contributed by atoms with E-state index < -0.39 is 0 Å². The topological polar surface area (TPSA) is 62.4 Å². The van der Waals surface area contributed by atoms with Gasteiger partial charge in [0.15, 0.2) is 5.82 Å². The maximum absolute atomic E-state index is 10.00. The quantitative estimate of drug-likeness (QED) is 0.737. The molecule has 1 aromatic carbocycles. The van der Waals surface area contributed by atoms with Gasteiger partial charge in [-0.2, -0.15) is 0 Å². The van der Waals surface area contributed by atoms with Gasteiger partial charge in [-0.1, -0.05) is 18.2 Å². The third kappa shape index (κ3) is 3.27. The van der Waals surface area contributed by atoms with Gasteiger partial charge in [0.2, 0.25) is 0 Å². The van der Waals surface area contributed by atoms with Crippen LogP contribution >= 0.6 is 0 Å². The molecule has 29 heavy (non-hydrogen) atoms. The number of rotatable bonds is 4. The number of aliphatic hydroxyl groups is 1. The second-order valence-electron chi connectivity index (χ2n) is 8.85. The molecule has 1 saturated heterocycles. The molecule has 7 heteroatoms. The first-order valence-corrected chi connectivity index (χ1v) is 10.6. The average molecular weight is 395 g/mol. The minimum absolute atomic E-state index is 0.168. The molecule has 0 spiro atoms. The molecule has 5 rings (SSSR count). The summed E-state index contributed by atoms with van der Waals surface area (Å²) < 4.78 is 4.64. The fourth-order valence-corrected chi connectivity index (χ4v) is 4.96. The van der Waals surface area contributed by atoms with Crippen molar-refractivity contribution >= 4 is 10.9 Å². The van der Waals surface area contributed by atoms with E-state index in [-0.39, 0.29) is 12.1 Å². The molecule has 0 aliphatic carbocycles. The van der Waals surface area contributed by atoms with E-state index in [2.05, 4.69) is 80.5 Å². The van der Waals surface area contributed by atoms with Crippen LogP contribution in [0.2, 0.25) is 0 Å². The molecule has 0 radical (unpaired) electrons. The van der Waals surface area contributed by atoms with Crippen LogP contribution in [-0.2, 0) is 19.6 Å². The van der Waals surface area contributed by atoms with Crippen LogP contribution in [0.4, 0.5) is 0 Å². The van der Waals surface area contributed by atoms with Crippen LogP contribution in [0.1, 0.15) is 49.6 Å². The third-order valence-electron chi connectivity index (χ3n) is 6.46. The highest BCUT2D eigenvalue weighted by molar-refractivity contribution is 5.84. The molecule has 1 N–H and O–H groups in total. The maximum atomic E-state index is 10.00. The number of hydrogen-bond acceptors (Lipinski definition) is 5. The summed E-state index contributed by atoms with van der Waals surface area (Å²) in [5.41, 5.74) is 2.68. The zero-order valence-corrected chi connectivity index (χ0v) is 17.5. The van der Waals surface area contributed by atoms with Gasteiger partial charge in [-0.3, -0.25) is 9.80 Å². The molecule has 2 atom stereocenters. The monoisotopic (exact) mass is 394 g/mol. The van der Waals surface area contributed by atoms with E-state index in [1.807, 2.05) is 0 Å². The van der Waals surface area contributed by atoms with Crippen LogP contribution in [0.15, 0.2) is 30.5 Å². The lowest BCUT2D eigenvalue weighted by Crippen LogP contribution is -2.34. The van der Waals surface area contributed by atoms with E-state index in [9.17, 15) is 5.11 Å². The van der Waals surface area contributed by atoms with E-state index in [0.717, 1.165) is 44.2 Å². The first kappa shape index (κ1) is 18.8. The molecular weight excluding hydrogens is 364 g/mol. The average Bonchev–Trinajstić information content (AvgIpc) is 3.37. The molecule has 2 aromatic heterocycles. The highest BCUT2D eigenvalue weighted by Gasteiger charge is 2.34. The van der Waals surface area contributed by atoms with Gasteiger partial charge in [-0.05, 0) is 38.9 Å². The number of aromatic nitrogens is 4. The Morgan fingerprint density at radius 1 is 1.17 bits per heavy atom. The minimum atomic E-state index is -0.267. The number of β-amino-alcohol motifs (C(OH)–C–C–N with tert-alkyl or cyclic N) is 1. The number of hydrogen-bond donors (Lipinski definition) is 1. The second kappa shape index (κ2) is 7.23. The highest BCUT2D eigenvalue weighted by Crippen LogP contribution is 2.31. The predicted octanol–water partition coefficient (Wildman–Crippen LogP) is 2.57. The van der Waals surface area contributed by atoms with Crippen LogP contribution in [0.25, 0.3) is 10.9 Å². The molecule has 7 nitrogen and oxygen atoms in total. The highest BCUT2D eigenvalue weighted by atomic mass is 16.3. The van der Waals surface area contributed by atoms with Gasteiger partial charge in [0.05, 0.1) is 18.7 Å². The van der Waals surface area contributed by atoms with Crippen molar-refractivity contribution in [1.82, 2.24) is 29.1 Å². The van der Waals surface area contributed by atoms with Gasteiger partial charge in [-0.15, -0.1) is 10.2 Å². The summed E-state index contributed by atoms with van der Waals surface area (Å²) in [7, 11) is 2.06. The lowest BCUT2D eigenvalue weighted by atomic mass is 10.1. The minimum Gasteiger partial charge on any atom is -0.392 e. The van der Waals surface area contributed by atoms with E-state index in [1.54, 1.807) is 0 Å². The van der Waals surface area contributed by atoms with Gasteiger partial charge in [0.1, 0.15) is 5.82 Å². The van der Waals surface area contributed by atoms with Crippen molar-refractivity contribution < 1.29 is 5.11 Å². The second-order valence-corrected chi connectivity index (χ2v) is 8.85. The Labute approximate surface area is 171 Å². The normalized spacial score (nSPS) is 23.3. The zero-order chi connectivity index (χ0) is 20.1. The number of fused-ring (bicyclic) bond motifs is 2. The summed E-state index contributed by atoms with van der Waals surface area (Å²) in [6.45, 7) is 8.80. The zero-order valence-electron chi connectivity index (χ0n) is 17.5. The van der Waals surface area contributed by atoms with E-state index in [0.29, 0.717) is 12.6 Å². The molecule has 4 heterocycles. The van der Waals surface area contributed by atoms with Crippen molar-refractivity contribution in [2.75, 3.05) is 20.1 Å². The number of likely N-dealkylation sites (N-methyl/N-ethyl adjacent to an activating group) is 1. The Hall–Kier alpha value is -2.22. The summed E-state index contributed by atoms with van der Waals surface area (Å²) in [6, 6.07) is 9.30. The number of aliphatic hydroxyl groups excluding tert-OH is 1. The first-order chi connectivity index (χ1) is 14.0. The summed E-state index contributed by atoms with van der Waals surface area (Å²) in [4.78, 5) is 4.66. The molecule has 2 aliphatic rings. The van der Waals surface area contributed by atoms with Gasteiger partial charge < -0.3 is 14.2 Å². The van der Waals surface area contributed by atoms with Crippen LogP contribution < -0.4 is 0 Å². The Balaban J connectivity index is 1.37. The molecule has 1 fully saturated rings. The van der Waals surface area contributed by atoms with Crippen molar-refractivity contribution in [3.8, 4) is 0 Å². The third-order valence-corrected chi connectivity index (χ3v) is 6.46. The van der Waals surface area contributed by atoms with Gasteiger partial charge in [0.25, 0.3) is 0 Å². The van der Waals surface area contributed by atoms with Crippen molar-refractivity contribution in [2.45, 2.75) is 58.1 Å². The van der Waals surface area contributed by atoms with E-state index in [1.165, 1.54) is 16.5 Å². The fraction of sp³-hybridized carbons (Fsp3) is 0.545. The number of benzene rings is 1. The van der Waals surface area contributed by atoms with Gasteiger partial charge in [0, 0.05) is 49.3 Å². The molecule has 2 aliphatic heterocycles. The lowest BCUT2D eigenvalue weighted by molar-refractivity contribution is 0.182. The molecule has 0 unspecified atom stereocenters. The summed E-state index contributed by atoms with van der Waals surface area (Å²) >= 11 is 0. The smallest absolute Gasteiger partial charge is 0.150 e. The van der Waals surface area contributed by atoms with Crippen molar-refractivity contribution in [1.29, 1.82) is 0 Å². The predicted molar refractivity (Wildman–Crippen MR) is 112 cm³/mol. The number of para-hydroxylation sites is 1. The first-order valence-electron chi connectivity index (χ1n) is 10.6. The Kier molecular flexibility index (Phi) is 4.69. The van der Waals surface area contributed by atoms with Gasteiger partial charge >= 0.3 is 0 Å². The van der Waals surface area contributed by atoms with Crippen LogP contribution in [-0.4, -0.2) is 60.5 Å². The van der Waals surface area contributed by atoms with Crippen LogP contribution in [0.5, 0.6) is 0 Å². The molecular formula is C22H30N6O. The fourth-order valence-electron chi connectivity index (χ4n) is 4.96. The largest absolute Gasteiger partial charge is 0.392 e. The Morgan fingerprint density at radius 3 is 2.76 bits per heavy atom. The van der Waals surface area contributed by atoms with Crippen molar-refractivity contribution in [2.24, 2.45) is 0 Å². The SMILES string of the molecule is CC(C)n1cc(CN2CCn3c(nnc3[C@@H]3C[C@@H](O)CN3C)C2)c2ccccc21. The molecule has 0 amide bonds. The standard InChI is InChI=1S/C22H30N6O/c1-15(2)28-12-16(18-6-4-5-7-19(18)28)11-26-8-9-27-21(14-26)23-24-22(27)20-10-17(29)13-25(20)3/h4-7,12,15,17,20,29H,8-11,13-14H2,1-3H3/t17-,20+/m1/s1. The Morgan fingerprint density at radius 2 is 2.00 bits per heavy atom. The van der Waals surface area contributed by atoms with Crippen LogP contribution in [0, 0.1) is 0 Å². The van der Waals surface area contributed by atoms with Crippen LogP contribution in [0.3, 0.4) is 0 Å². The van der Waals surface area contributed by atoms with E-state index >= 15 is 0 Å². The molecule has 0 saturated carbocycles. The van der Waals surface area contributed by atoms with Crippen molar-refractivity contribution in [3.63, 3.8) is 0 Å². The number of likely N-dealkylation sites (tertiary alicyclic amines) is 1. The van der Waals surface area contributed by atoms with E-state index in [4.69, 9.17) is 0 Å². The molecule has 3 aromatic rings. The summed E-state index contributed by atoms with van der Waals surface area (Å²) in [5.74, 6) is 2.05. The van der Waals surface area contributed by atoms with Crippen molar-refractivity contribution in [3.05, 3.63) is 47.7 Å². The van der Waals surface area contributed by atoms with Gasteiger partial charge in [-0.25, -0.2) is 0 Å². The molecule has 154 valence electrons. The summed E-state index contributed by atoms with van der Waals surface area (Å²) in [5, 5.41) is 20.4. The Bertz CT molecular complexity index is 1020. The molecule has 0 bridgehead atoms. The lowest BCUT2D eigenvalue weighted by Gasteiger charge is -2.29. The maximum Gasteiger partial charge on any atom is 0.150 e.